The second-order valence-corrected chi connectivity index (χ2v) is 4.04. The van der Waals surface area contributed by atoms with Crippen molar-refractivity contribution < 1.29 is 9.53 Å². The Hall–Kier alpha value is -0.670. The highest BCUT2D eigenvalue weighted by molar-refractivity contribution is 9.10. The smallest absolute Gasteiger partial charge is 0.134 e. The van der Waals surface area contributed by atoms with E-state index in [1.165, 1.54) is 0 Å². The third kappa shape index (κ3) is 2.93. The fraction of sp³-hybridized carbons (Fsp3) is 0.364. The van der Waals surface area contributed by atoms with E-state index in [-0.39, 0.29) is 5.78 Å². The SMILES string of the molecule is COCc1cccc(Br)c1CC(C)=O. The summed E-state index contributed by atoms with van der Waals surface area (Å²) in [4.78, 5) is 11.1. The molecule has 2 nitrogen and oxygen atoms in total. The largest absolute Gasteiger partial charge is 0.380 e. The quantitative estimate of drug-likeness (QED) is 0.829. The van der Waals surface area contributed by atoms with Gasteiger partial charge < -0.3 is 4.74 Å². The van der Waals surface area contributed by atoms with Crippen LogP contribution in [0.1, 0.15) is 18.1 Å². The Balaban J connectivity index is 3.02. The summed E-state index contributed by atoms with van der Waals surface area (Å²) < 4.78 is 6.05. The Bertz CT molecular complexity index is 334. The first kappa shape index (κ1) is 11.4. The van der Waals surface area contributed by atoms with Gasteiger partial charge in [0.2, 0.25) is 0 Å². The van der Waals surface area contributed by atoms with E-state index in [4.69, 9.17) is 4.74 Å². The average molecular weight is 257 g/mol. The molecule has 0 aromatic heterocycles. The van der Waals surface area contributed by atoms with Crippen LogP contribution in [0.5, 0.6) is 0 Å². The Morgan fingerprint density at radius 3 is 2.79 bits per heavy atom. The summed E-state index contributed by atoms with van der Waals surface area (Å²) in [5.74, 6) is 0.161. The molecule has 0 saturated carbocycles. The standard InChI is InChI=1S/C11H13BrO2/c1-8(13)6-10-9(7-14-2)4-3-5-11(10)12/h3-5H,6-7H2,1-2H3. The predicted octanol–water partition coefficient (Wildman–Crippen LogP) is 2.73. The zero-order chi connectivity index (χ0) is 10.6. The number of carbonyl (C=O) groups excluding carboxylic acids is 1. The molecule has 76 valence electrons. The van der Waals surface area contributed by atoms with Crippen LogP contribution in [0.4, 0.5) is 0 Å². The van der Waals surface area contributed by atoms with Crippen molar-refractivity contribution in [3.63, 3.8) is 0 Å². The number of ether oxygens (including phenoxy) is 1. The highest BCUT2D eigenvalue weighted by atomic mass is 79.9. The lowest BCUT2D eigenvalue weighted by Gasteiger charge is -2.09. The molecule has 0 amide bonds. The Morgan fingerprint density at radius 1 is 1.50 bits per heavy atom. The number of hydrogen-bond donors (Lipinski definition) is 0. The Morgan fingerprint density at radius 2 is 2.21 bits per heavy atom. The first-order valence-electron chi connectivity index (χ1n) is 4.39. The zero-order valence-electron chi connectivity index (χ0n) is 8.34. The molecule has 0 bridgehead atoms. The minimum atomic E-state index is 0.161. The molecule has 0 spiro atoms. The van der Waals surface area contributed by atoms with Gasteiger partial charge in [0.15, 0.2) is 0 Å². The number of Topliss-reactive ketones (excluding diaryl/α,β-unsaturated/α-hetero) is 1. The molecule has 14 heavy (non-hydrogen) atoms. The van der Waals surface area contributed by atoms with E-state index in [1.54, 1.807) is 14.0 Å². The number of benzene rings is 1. The molecule has 1 rings (SSSR count). The molecule has 0 radical (unpaired) electrons. The van der Waals surface area contributed by atoms with Crippen molar-refractivity contribution in [2.75, 3.05) is 7.11 Å². The van der Waals surface area contributed by atoms with E-state index in [2.05, 4.69) is 15.9 Å². The maximum absolute atomic E-state index is 11.1. The van der Waals surface area contributed by atoms with Crippen LogP contribution in [-0.2, 0) is 22.6 Å². The molecule has 0 heterocycles. The topological polar surface area (TPSA) is 26.3 Å². The molecule has 3 heteroatoms. The summed E-state index contributed by atoms with van der Waals surface area (Å²) in [5, 5.41) is 0. The van der Waals surface area contributed by atoms with Crippen molar-refractivity contribution >= 4 is 21.7 Å². The van der Waals surface area contributed by atoms with Gasteiger partial charge in [0.25, 0.3) is 0 Å². The number of halogens is 1. The minimum Gasteiger partial charge on any atom is -0.380 e. The van der Waals surface area contributed by atoms with E-state index >= 15 is 0 Å². The molecule has 1 aromatic carbocycles. The molecule has 0 aliphatic heterocycles. The van der Waals surface area contributed by atoms with Gasteiger partial charge in [0.05, 0.1) is 6.61 Å². The molecular weight excluding hydrogens is 244 g/mol. The highest BCUT2D eigenvalue weighted by Gasteiger charge is 2.08. The first-order chi connectivity index (χ1) is 6.65. The molecule has 0 aliphatic rings. The van der Waals surface area contributed by atoms with Crippen LogP contribution in [0.25, 0.3) is 0 Å². The van der Waals surface area contributed by atoms with Crippen molar-refractivity contribution in [2.24, 2.45) is 0 Å². The summed E-state index contributed by atoms with van der Waals surface area (Å²) in [6, 6.07) is 5.87. The maximum atomic E-state index is 11.1. The van der Waals surface area contributed by atoms with Crippen LogP contribution in [0.2, 0.25) is 0 Å². The summed E-state index contributed by atoms with van der Waals surface area (Å²) >= 11 is 3.44. The van der Waals surface area contributed by atoms with Gasteiger partial charge in [-0.25, -0.2) is 0 Å². The van der Waals surface area contributed by atoms with Crippen molar-refractivity contribution in [1.29, 1.82) is 0 Å². The second kappa shape index (κ2) is 5.27. The van der Waals surface area contributed by atoms with Gasteiger partial charge in [-0.3, -0.25) is 4.79 Å². The van der Waals surface area contributed by atoms with E-state index in [0.717, 1.165) is 15.6 Å². The summed E-state index contributed by atoms with van der Waals surface area (Å²) in [7, 11) is 1.65. The van der Waals surface area contributed by atoms with Crippen LogP contribution < -0.4 is 0 Å². The van der Waals surface area contributed by atoms with E-state index < -0.39 is 0 Å². The highest BCUT2D eigenvalue weighted by Crippen LogP contribution is 2.22. The monoisotopic (exact) mass is 256 g/mol. The van der Waals surface area contributed by atoms with Gasteiger partial charge >= 0.3 is 0 Å². The zero-order valence-corrected chi connectivity index (χ0v) is 9.93. The Labute approximate surface area is 92.4 Å². The normalized spacial score (nSPS) is 10.2. The minimum absolute atomic E-state index is 0.161. The van der Waals surface area contributed by atoms with Crippen molar-refractivity contribution in [3.05, 3.63) is 33.8 Å². The number of hydrogen-bond acceptors (Lipinski definition) is 2. The van der Waals surface area contributed by atoms with Gasteiger partial charge in [-0.15, -0.1) is 0 Å². The average Bonchev–Trinajstić information content (AvgIpc) is 2.11. The molecule has 1 aromatic rings. The first-order valence-corrected chi connectivity index (χ1v) is 5.19. The van der Waals surface area contributed by atoms with Crippen LogP contribution in [-0.4, -0.2) is 12.9 Å². The van der Waals surface area contributed by atoms with Crippen LogP contribution >= 0.6 is 15.9 Å². The second-order valence-electron chi connectivity index (χ2n) is 3.19. The summed E-state index contributed by atoms with van der Waals surface area (Å²) in [6.45, 7) is 2.14. The third-order valence-corrected chi connectivity index (χ3v) is 2.68. The lowest BCUT2D eigenvalue weighted by atomic mass is 10.0. The van der Waals surface area contributed by atoms with E-state index in [9.17, 15) is 4.79 Å². The van der Waals surface area contributed by atoms with Gasteiger partial charge in [0.1, 0.15) is 5.78 Å². The number of carbonyl (C=O) groups is 1. The Kier molecular flexibility index (Phi) is 4.29. The van der Waals surface area contributed by atoms with Crippen molar-refractivity contribution in [1.82, 2.24) is 0 Å². The van der Waals surface area contributed by atoms with E-state index in [0.29, 0.717) is 13.0 Å². The lowest BCUT2D eigenvalue weighted by molar-refractivity contribution is -0.116. The molecule has 0 atom stereocenters. The summed E-state index contributed by atoms with van der Waals surface area (Å²) in [6.07, 6.45) is 0.458. The van der Waals surface area contributed by atoms with Gasteiger partial charge in [-0.1, -0.05) is 28.1 Å². The third-order valence-electron chi connectivity index (χ3n) is 1.94. The molecule has 0 N–H and O–H groups in total. The van der Waals surface area contributed by atoms with Crippen LogP contribution in [0.15, 0.2) is 22.7 Å². The fourth-order valence-electron chi connectivity index (χ4n) is 1.34. The predicted molar refractivity (Wildman–Crippen MR) is 59.2 cm³/mol. The molecule has 0 fully saturated rings. The van der Waals surface area contributed by atoms with Gasteiger partial charge in [-0.05, 0) is 24.1 Å². The van der Waals surface area contributed by atoms with Crippen LogP contribution in [0.3, 0.4) is 0 Å². The van der Waals surface area contributed by atoms with Gasteiger partial charge in [0, 0.05) is 18.0 Å². The molecular formula is C11H13BrO2. The number of rotatable bonds is 4. The van der Waals surface area contributed by atoms with Crippen LogP contribution in [0, 0.1) is 0 Å². The lowest BCUT2D eigenvalue weighted by Crippen LogP contribution is -2.03. The van der Waals surface area contributed by atoms with Gasteiger partial charge in [-0.2, -0.15) is 0 Å². The maximum Gasteiger partial charge on any atom is 0.134 e. The number of ketones is 1. The van der Waals surface area contributed by atoms with Crippen molar-refractivity contribution in [3.8, 4) is 0 Å². The summed E-state index contributed by atoms with van der Waals surface area (Å²) in [5.41, 5.74) is 2.10. The molecule has 0 aliphatic carbocycles. The van der Waals surface area contributed by atoms with Crippen molar-refractivity contribution in [2.45, 2.75) is 20.0 Å². The molecule has 0 unspecified atom stereocenters. The number of methoxy groups -OCH3 is 1. The fourth-order valence-corrected chi connectivity index (χ4v) is 1.89. The molecule has 0 saturated heterocycles. The van der Waals surface area contributed by atoms with E-state index in [1.807, 2.05) is 18.2 Å².